The van der Waals surface area contributed by atoms with E-state index in [9.17, 15) is 4.79 Å². The van der Waals surface area contributed by atoms with Crippen molar-refractivity contribution < 1.29 is 4.79 Å². The minimum Gasteiger partial charge on any atom is -0.398 e. The number of carbonyl (C=O) groups is 1. The van der Waals surface area contributed by atoms with Crippen molar-refractivity contribution >= 4 is 5.91 Å². The van der Waals surface area contributed by atoms with Crippen LogP contribution in [-0.2, 0) is 4.79 Å². The Morgan fingerprint density at radius 2 is 2.28 bits per heavy atom. The summed E-state index contributed by atoms with van der Waals surface area (Å²) < 4.78 is 0. The van der Waals surface area contributed by atoms with Crippen molar-refractivity contribution in [1.29, 1.82) is 0 Å². The van der Waals surface area contributed by atoms with Gasteiger partial charge in [0.15, 0.2) is 0 Å². The molecule has 1 unspecified atom stereocenters. The number of nitrogens with two attached hydrogens (primary N) is 1. The average molecular weight is 247 g/mol. The molecule has 1 atom stereocenters. The van der Waals surface area contributed by atoms with Crippen LogP contribution in [0.15, 0.2) is 35.6 Å². The number of hydrogen-bond donors (Lipinski definition) is 2. The summed E-state index contributed by atoms with van der Waals surface area (Å²) in [6, 6.07) is 0. The van der Waals surface area contributed by atoms with Gasteiger partial charge in [-0.05, 0) is 25.0 Å². The molecule has 18 heavy (non-hydrogen) atoms. The summed E-state index contributed by atoms with van der Waals surface area (Å²) >= 11 is 0. The molecule has 4 nitrogen and oxygen atoms in total. The number of nitrogens with zero attached hydrogens (tertiary/aromatic N) is 1. The summed E-state index contributed by atoms with van der Waals surface area (Å²) in [7, 11) is 0. The Kier molecular flexibility index (Phi) is 4.20. The lowest BCUT2D eigenvalue weighted by atomic mass is 10.1. The second-order valence-electron chi connectivity index (χ2n) is 4.84. The minimum absolute atomic E-state index is 0.0583. The number of carbonyl (C=O) groups excluding carboxylic acids is 1. The Morgan fingerprint density at radius 3 is 3.11 bits per heavy atom. The first-order valence-electron chi connectivity index (χ1n) is 6.54. The Labute approximate surface area is 108 Å². The highest BCUT2D eigenvalue weighted by atomic mass is 16.2. The van der Waals surface area contributed by atoms with Crippen LogP contribution in [0.5, 0.6) is 0 Å². The van der Waals surface area contributed by atoms with Gasteiger partial charge in [0.2, 0.25) is 0 Å². The molecule has 1 fully saturated rings. The van der Waals surface area contributed by atoms with Gasteiger partial charge in [-0.15, -0.1) is 0 Å². The zero-order valence-corrected chi connectivity index (χ0v) is 10.9. The zero-order valence-electron chi connectivity index (χ0n) is 10.9. The van der Waals surface area contributed by atoms with Gasteiger partial charge in [-0.2, -0.15) is 0 Å². The molecule has 2 aliphatic rings. The molecule has 1 saturated heterocycles. The maximum Gasteiger partial charge on any atom is 0.255 e. The molecule has 3 N–H and O–H groups in total. The highest BCUT2D eigenvalue weighted by molar-refractivity contribution is 5.97. The van der Waals surface area contributed by atoms with Gasteiger partial charge in [0, 0.05) is 25.3 Å². The van der Waals surface area contributed by atoms with Crippen molar-refractivity contribution in [3.8, 4) is 0 Å². The van der Waals surface area contributed by atoms with E-state index in [4.69, 9.17) is 5.73 Å². The van der Waals surface area contributed by atoms with Gasteiger partial charge >= 0.3 is 0 Å². The van der Waals surface area contributed by atoms with Crippen LogP contribution in [-0.4, -0.2) is 37.0 Å². The first-order valence-corrected chi connectivity index (χ1v) is 6.54. The minimum atomic E-state index is 0.0583. The van der Waals surface area contributed by atoms with E-state index in [-0.39, 0.29) is 11.8 Å². The number of nitrogens with one attached hydrogen (secondary N) is 1. The Hall–Kier alpha value is -1.55. The van der Waals surface area contributed by atoms with E-state index >= 15 is 0 Å². The molecular weight excluding hydrogens is 226 g/mol. The molecule has 98 valence electrons. The summed E-state index contributed by atoms with van der Waals surface area (Å²) in [6.07, 6.45) is 8.72. The van der Waals surface area contributed by atoms with E-state index in [0.29, 0.717) is 11.3 Å². The van der Waals surface area contributed by atoms with Gasteiger partial charge in [-0.1, -0.05) is 25.2 Å². The van der Waals surface area contributed by atoms with E-state index in [1.807, 2.05) is 29.2 Å². The predicted molar refractivity (Wildman–Crippen MR) is 72.7 cm³/mol. The Morgan fingerprint density at radius 1 is 1.44 bits per heavy atom. The molecule has 1 amide bonds. The van der Waals surface area contributed by atoms with Crippen LogP contribution in [0.2, 0.25) is 0 Å². The van der Waals surface area contributed by atoms with Crippen molar-refractivity contribution in [2.45, 2.75) is 13.3 Å². The molecule has 0 aromatic rings. The van der Waals surface area contributed by atoms with Crippen LogP contribution in [0.3, 0.4) is 0 Å². The fourth-order valence-electron chi connectivity index (χ4n) is 2.25. The first kappa shape index (κ1) is 12.9. The molecule has 0 radical (unpaired) electrons. The molecule has 0 aromatic carbocycles. The van der Waals surface area contributed by atoms with E-state index in [0.717, 1.165) is 32.6 Å². The quantitative estimate of drug-likeness (QED) is 0.720. The highest BCUT2D eigenvalue weighted by Crippen LogP contribution is 2.17. The summed E-state index contributed by atoms with van der Waals surface area (Å²) in [4.78, 5) is 14.4. The third-order valence-electron chi connectivity index (χ3n) is 3.29. The lowest BCUT2D eigenvalue weighted by Crippen LogP contribution is -2.36. The fraction of sp³-hybridized carbons (Fsp3) is 0.500. The SMILES string of the molecule is CC1C=CC=C(N)C(C(=O)N2CCCNCC2)=C1. The smallest absolute Gasteiger partial charge is 0.255 e. The number of allylic oxidation sites excluding steroid dienone is 4. The number of amides is 1. The van der Waals surface area contributed by atoms with Crippen molar-refractivity contribution in [3.63, 3.8) is 0 Å². The van der Waals surface area contributed by atoms with Gasteiger partial charge in [-0.3, -0.25) is 4.79 Å². The van der Waals surface area contributed by atoms with E-state index < -0.39 is 0 Å². The monoisotopic (exact) mass is 247 g/mol. The topological polar surface area (TPSA) is 58.4 Å². The maximum absolute atomic E-state index is 12.5. The maximum atomic E-state index is 12.5. The number of rotatable bonds is 1. The normalized spacial score (nSPS) is 24.9. The third kappa shape index (κ3) is 3.01. The Balaban J connectivity index is 2.16. The van der Waals surface area contributed by atoms with Crippen LogP contribution in [0.1, 0.15) is 13.3 Å². The fourth-order valence-corrected chi connectivity index (χ4v) is 2.25. The molecule has 1 aliphatic heterocycles. The third-order valence-corrected chi connectivity index (χ3v) is 3.29. The lowest BCUT2D eigenvalue weighted by Gasteiger charge is -2.22. The molecule has 0 saturated carbocycles. The molecule has 2 rings (SSSR count). The summed E-state index contributed by atoms with van der Waals surface area (Å²) in [5, 5.41) is 3.30. The largest absolute Gasteiger partial charge is 0.398 e. The first-order chi connectivity index (χ1) is 8.68. The standard InChI is InChI=1S/C14H21N3O/c1-11-4-2-5-13(15)12(10-11)14(18)17-8-3-6-16-7-9-17/h2,4-5,10-11,16H,3,6-9,15H2,1H3. The van der Waals surface area contributed by atoms with Gasteiger partial charge < -0.3 is 16.0 Å². The molecular formula is C14H21N3O. The summed E-state index contributed by atoms with van der Waals surface area (Å²) in [5.41, 5.74) is 7.18. The average Bonchev–Trinajstić information content (AvgIpc) is 2.70. The van der Waals surface area contributed by atoms with Gasteiger partial charge in [-0.25, -0.2) is 0 Å². The second-order valence-corrected chi connectivity index (χ2v) is 4.84. The van der Waals surface area contributed by atoms with E-state index in [1.165, 1.54) is 0 Å². The van der Waals surface area contributed by atoms with Gasteiger partial charge in [0.05, 0.1) is 5.57 Å². The van der Waals surface area contributed by atoms with Crippen molar-refractivity contribution in [2.75, 3.05) is 26.2 Å². The Bertz CT molecular complexity index is 401. The van der Waals surface area contributed by atoms with Crippen molar-refractivity contribution in [2.24, 2.45) is 11.7 Å². The van der Waals surface area contributed by atoms with E-state index in [1.54, 1.807) is 0 Å². The highest BCUT2D eigenvalue weighted by Gasteiger charge is 2.21. The predicted octanol–water partition coefficient (Wildman–Crippen LogP) is 0.783. The number of hydrogen-bond acceptors (Lipinski definition) is 3. The van der Waals surface area contributed by atoms with Crippen LogP contribution < -0.4 is 11.1 Å². The van der Waals surface area contributed by atoms with E-state index in [2.05, 4.69) is 12.2 Å². The molecule has 1 aliphatic carbocycles. The van der Waals surface area contributed by atoms with Crippen molar-refractivity contribution in [1.82, 2.24) is 10.2 Å². The molecule has 4 heteroatoms. The molecule has 0 aromatic heterocycles. The summed E-state index contributed by atoms with van der Waals surface area (Å²) in [6.45, 7) is 5.45. The van der Waals surface area contributed by atoms with Crippen molar-refractivity contribution in [3.05, 3.63) is 35.6 Å². The lowest BCUT2D eigenvalue weighted by molar-refractivity contribution is -0.126. The van der Waals surface area contributed by atoms with Crippen LogP contribution >= 0.6 is 0 Å². The summed E-state index contributed by atoms with van der Waals surface area (Å²) in [5.74, 6) is 0.300. The zero-order chi connectivity index (χ0) is 13.0. The molecule has 0 spiro atoms. The van der Waals surface area contributed by atoms with Gasteiger partial charge in [0.25, 0.3) is 5.91 Å². The van der Waals surface area contributed by atoms with Gasteiger partial charge in [0.1, 0.15) is 0 Å². The molecule has 0 bridgehead atoms. The second kappa shape index (κ2) is 5.87. The van der Waals surface area contributed by atoms with Crippen LogP contribution in [0.25, 0.3) is 0 Å². The van der Waals surface area contributed by atoms with Crippen LogP contribution in [0.4, 0.5) is 0 Å². The van der Waals surface area contributed by atoms with Crippen LogP contribution in [0, 0.1) is 5.92 Å². The molecule has 1 heterocycles.